The van der Waals surface area contributed by atoms with Crippen LogP contribution in [0.15, 0.2) is 54.6 Å². The number of benzene rings is 2. The van der Waals surface area contributed by atoms with Crippen molar-refractivity contribution in [3.63, 3.8) is 0 Å². The number of alkyl halides is 3. The first-order chi connectivity index (χ1) is 11.9. The molecule has 6 nitrogen and oxygen atoms in total. The van der Waals surface area contributed by atoms with E-state index in [1.54, 1.807) is 24.3 Å². The lowest BCUT2D eigenvalue weighted by Gasteiger charge is -2.11. The van der Waals surface area contributed by atoms with Gasteiger partial charge in [0, 0.05) is 11.6 Å². The Morgan fingerprint density at radius 1 is 0.880 bits per heavy atom. The molecule has 1 heterocycles. The fourth-order valence-electron chi connectivity index (χ4n) is 2.03. The van der Waals surface area contributed by atoms with Crippen molar-refractivity contribution in [2.45, 2.75) is 6.36 Å². The summed E-state index contributed by atoms with van der Waals surface area (Å²) in [6.07, 6.45) is -4.80. The fraction of sp³-hybridized carbons (Fsp3) is 0.0625. The number of aromatic nitrogens is 3. The first kappa shape index (κ1) is 16.5. The van der Waals surface area contributed by atoms with Crippen molar-refractivity contribution in [3.05, 3.63) is 54.6 Å². The summed E-state index contributed by atoms with van der Waals surface area (Å²) in [5.41, 5.74) is 6.55. The number of rotatable bonds is 4. The minimum Gasteiger partial charge on any atom is -0.436 e. The Bertz CT molecular complexity index is 873. The van der Waals surface area contributed by atoms with Gasteiger partial charge >= 0.3 is 6.36 Å². The summed E-state index contributed by atoms with van der Waals surface area (Å²) in [4.78, 5) is 4.09. The van der Waals surface area contributed by atoms with Crippen LogP contribution in [0.3, 0.4) is 0 Å². The lowest BCUT2D eigenvalue weighted by molar-refractivity contribution is -0.274. The smallest absolute Gasteiger partial charge is 0.436 e. The molecule has 3 aromatic rings. The van der Waals surface area contributed by atoms with Gasteiger partial charge in [-0.05, 0) is 12.1 Å². The molecule has 0 saturated heterocycles. The second-order valence-electron chi connectivity index (χ2n) is 4.81. The first-order valence-corrected chi connectivity index (χ1v) is 7.00. The number of hydrogen-bond acceptors (Lipinski definition) is 6. The highest BCUT2D eigenvalue weighted by atomic mass is 19.4. The molecular formula is C16H11F3N4O2. The molecule has 2 N–H and O–H groups in total. The number of anilines is 1. The Morgan fingerprint density at radius 2 is 1.60 bits per heavy atom. The monoisotopic (exact) mass is 348 g/mol. The molecule has 3 rings (SSSR count). The van der Waals surface area contributed by atoms with E-state index < -0.39 is 12.1 Å². The zero-order valence-electron chi connectivity index (χ0n) is 12.6. The highest BCUT2D eigenvalue weighted by Crippen LogP contribution is 2.32. The number of ether oxygens (including phenoxy) is 2. The van der Waals surface area contributed by atoms with Crippen LogP contribution >= 0.6 is 0 Å². The van der Waals surface area contributed by atoms with Crippen LogP contribution in [0.5, 0.6) is 17.4 Å². The first-order valence-electron chi connectivity index (χ1n) is 7.00. The highest BCUT2D eigenvalue weighted by Gasteiger charge is 2.31. The average molecular weight is 348 g/mol. The molecule has 0 atom stereocenters. The van der Waals surface area contributed by atoms with Crippen molar-refractivity contribution in [2.75, 3.05) is 5.73 Å². The quantitative estimate of drug-likeness (QED) is 0.772. The Kier molecular flexibility index (Phi) is 4.38. The summed E-state index contributed by atoms with van der Waals surface area (Å²) >= 11 is 0. The van der Waals surface area contributed by atoms with Gasteiger partial charge in [-0.3, -0.25) is 0 Å². The van der Waals surface area contributed by atoms with Gasteiger partial charge in [-0.1, -0.05) is 36.4 Å². The van der Waals surface area contributed by atoms with Crippen molar-refractivity contribution in [1.29, 1.82) is 0 Å². The van der Waals surface area contributed by atoms with E-state index >= 15 is 0 Å². The van der Waals surface area contributed by atoms with Gasteiger partial charge in [0.05, 0.1) is 0 Å². The SMILES string of the molecule is Nc1nnc(Oc2cccc(OC(F)(F)F)c2)c(-c2ccccc2)n1. The third kappa shape index (κ3) is 4.34. The van der Waals surface area contributed by atoms with Crippen molar-refractivity contribution < 1.29 is 22.6 Å². The predicted octanol–water partition coefficient (Wildman–Crippen LogP) is 3.81. The second kappa shape index (κ2) is 6.63. The van der Waals surface area contributed by atoms with Crippen LogP contribution in [-0.2, 0) is 0 Å². The molecule has 0 saturated carbocycles. The van der Waals surface area contributed by atoms with Crippen LogP contribution < -0.4 is 15.2 Å². The molecule has 0 aliphatic heterocycles. The van der Waals surface area contributed by atoms with E-state index in [4.69, 9.17) is 10.5 Å². The molecule has 2 aromatic carbocycles. The summed E-state index contributed by atoms with van der Waals surface area (Å²) in [6, 6.07) is 14.0. The maximum Gasteiger partial charge on any atom is 0.573 e. The normalized spacial score (nSPS) is 11.2. The van der Waals surface area contributed by atoms with E-state index in [0.29, 0.717) is 11.3 Å². The molecule has 0 bridgehead atoms. The topological polar surface area (TPSA) is 83.2 Å². The molecule has 1 aromatic heterocycles. The third-order valence-electron chi connectivity index (χ3n) is 2.97. The lowest BCUT2D eigenvalue weighted by atomic mass is 10.1. The highest BCUT2D eigenvalue weighted by molar-refractivity contribution is 5.65. The van der Waals surface area contributed by atoms with Crippen LogP contribution in [0.4, 0.5) is 19.1 Å². The van der Waals surface area contributed by atoms with Crippen molar-refractivity contribution in [1.82, 2.24) is 15.2 Å². The van der Waals surface area contributed by atoms with Gasteiger partial charge in [0.25, 0.3) is 5.88 Å². The Morgan fingerprint density at radius 3 is 2.32 bits per heavy atom. The summed E-state index contributed by atoms with van der Waals surface area (Å²) in [5.74, 6) is -0.382. The second-order valence-corrected chi connectivity index (χ2v) is 4.81. The fourth-order valence-corrected chi connectivity index (χ4v) is 2.03. The molecule has 0 fully saturated rings. The van der Waals surface area contributed by atoms with E-state index in [9.17, 15) is 13.2 Å². The lowest BCUT2D eigenvalue weighted by Crippen LogP contribution is -2.17. The zero-order chi connectivity index (χ0) is 17.9. The van der Waals surface area contributed by atoms with Gasteiger partial charge < -0.3 is 15.2 Å². The maximum atomic E-state index is 12.3. The van der Waals surface area contributed by atoms with Crippen molar-refractivity contribution in [3.8, 4) is 28.6 Å². The van der Waals surface area contributed by atoms with E-state index in [0.717, 1.165) is 12.1 Å². The van der Waals surface area contributed by atoms with Crippen molar-refractivity contribution >= 4 is 5.95 Å². The Hall–Kier alpha value is -3.36. The molecule has 0 aliphatic rings. The molecular weight excluding hydrogens is 337 g/mol. The van der Waals surface area contributed by atoms with E-state index in [1.165, 1.54) is 12.1 Å². The number of hydrogen-bond donors (Lipinski definition) is 1. The molecule has 0 unspecified atom stereocenters. The molecule has 25 heavy (non-hydrogen) atoms. The van der Waals surface area contributed by atoms with Crippen molar-refractivity contribution in [2.24, 2.45) is 0 Å². The van der Waals surface area contributed by atoms with Gasteiger partial charge in [-0.15, -0.1) is 23.4 Å². The third-order valence-corrected chi connectivity index (χ3v) is 2.97. The average Bonchev–Trinajstić information content (AvgIpc) is 2.56. The summed E-state index contributed by atoms with van der Waals surface area (Å²) < 4.78 is 46.4. The van der Waals surface area contributed by atoms with Gasteiger partial charge in [-0.25, -0.2) is 4.98 Å². The minimum absolute atomic E-state index is 0.00422. The van der Waals surface area contributed by atoms with Crippen LogP contribution in [-0.4, -0.2) is 21.5 Å². The van der Waals surface area contributed by atoms with Crippen LogP contribution in [0.1, 0.15) is 0 Å². The van der Waals surface area contributed by atoms with E-state index in [2.05, 4.69) is 19.9 Å². The Balaban J connectivity index is 1.93. The maximum absolute atomic E-state index is 12.3. The van der Waals surface area contributed by atoms with Crippen LogP contribution in [0, 0.1) is 0 Å². The van der Waals surface area contributed by atoms with E-state index in [-0.39, 0.29) is 17.6 Å². The molecule has 0 amide bonds. The van der Waals surface area contributed by atoms with Gasteiger partial charge in [-0.2, -0.15) is 0 Å². The van der Waals surface area contributed by atoms with Gasteiger partial charge in [0.15, 0.2) is 0 Å². The zero-order valence-corrected chi connectivity index (χ0v) is 12.6. The van der Waals surface area contributed by atoms with Gasteiger partial charge in [0.2, 0.25) is 5.95 Å². The number of halogens is 3. The minimum atomic E-state index is -4.80. The summed E-state index contributed by atoms with van der Waals surface area (Å²) in [7, 11) is 0. The van der Waals surface area contributed by atoms with E-state index in [1.807, 2.05) is 6.07 Å². The number of nitrogen functional groups attached to an aromatic ring is 1. The number of nitrogens with zero attached hydrogens (tertiary/aromatic N) is 3. The molecule has 0 aliphatic carbocycles. The predicted molar refractivity (Wildman–Crippen MR) is 82.9 cm³/mol. The largest absolute Gasteiger partial charge is 0.573 e. The molecule has 0 radical (unpaired) electrons. The Labute approximate surface area is 140 Å². The van der Waals surface area contributed by atoms with Crippen LogP contribution in [0.2, 0.25) is 0 Å². The molecule has 9 heteroatoms. The van der Waals surface area contributed by atoms with Gasteiger partial charge in [0.1, 0.15) is 17.2 Å². The molecule has 0 spiro atoms. The van der Waals surface area contributed by atoms with Crippen LogP contribution in [0.25, 0.3) is 11.3 Å². The summed E-state index contributed by atoms with van der Waals surface area (Å²) in [5, 5.41) is 7.46. The summed E-state index contributed by atoms with van der Waals surface area (Å²) in [6.45, 7) is 0. The number of nitrogens with two attached hydrogens (primary N) is 1. The standard InChI is InChI=1S/C16H11F3N4O2/c17-16(18,19)25-12-8-4-7-11(9-12)24-14-13(21-15(20)23-22-14)10-5-2-1-3-6-10/h1-9H,(H2,20,21,23). The molecule has 128 valence electrons.